The van der Waals surface area contributed by atoms with Crippen molar-refractivity contribution >= 4 is 29.3 Å². The molecule has 0 aliphatic rings. The van der Waals surface area contributed by atoms with E-state index in [0.29, 0.717) is 23.7 Å². The normalized spacial score (nSPS) is 9.67. The van der Waals surface area contributed by atoms with Gasteiger partial charge in [0.15, 0.2) is 0 Å². The number of hydrogen-bond acceptors (Lipinski definition) is 3. The van der Waals surface area contributed by atoms with Crippen LogP contribution in [0.25, 0.3) is 0 Å². The molecule has 0 radical (unpaired) electrons. The summed E-state index contributed by atoms with van der Waals surface area (Å²) in [5.74, 6) is 0.0437. The number of rotatable bonds is 5. The molecule has 0 heterocycles. The lowest BCUT2D eigenvalue weighted by molar-refractivity contribution is 0.0957. The lowest BCUT2D eigenvalue weighted by Gasteiger charge is -2.10. The highest BCUT2D eigenvalue weighted by Crippen LogP contribution is 2.15. The minimum atomic E-state index is -0.588. The average Bonchev–Trinajstić information content (AvgIpc) is 2.37. The summed E-state index contributed by atoms with van der Waals surface area (Å²) in [5.41, 5.74) is 0.777. The number of carbonyl (C=O) groups is 2. The molecule has 18 heavy (non-hydrogen) atoms. The highest BCUT2D eigenvalue weighted by Gasteiger charge is 2.12. The van der Waals surface area contributed by atoms with E-state index in [1.165, 1.54) is 0 Å². The Morgan fingerprint density at radius 1 is 1.33 bits per heavy atom. The highest BCUT2D eigenvalue weighted by molar-refractivity contribution is 6.18. The fourth-order valence-electron chi connectivity index (χ4n) is 1.32. The largest absolute Gasteiger partial charge is 0.450 e. The molecular weight excluding hydrogens is 256 g/mol. The van der Waals surface area contributed by atoms with Gasteiger partial charge in [-0.1, -0.05) is 12.1 Å². The number of halogens is 1. The molecule has 0 saturated heterocycles. The van der Waals surface area contributed by atoms with E-state index in [2.05, 4.69) is 10.6 Å². The van der Waals surface area contributed by atoms with Crippen LogP contribution in [-0.4, -0.2) is 31.0 Å². The summed E-state index contributed by atoms with van der Waals surface area (Å²) in [6, 6.07) is 6.68. The van der Waals surface area contributed by atoms with Gasteiger partial charge in [-0.05, 0) is 19.1 Å². The van der Waals surface area contributed by atoms with E-state index in [-0.39, 0.29) is 12.5 Å². The lowest BCUT2D eigenvalue weighted by atomic mass is 10.1. The quantitative estimate of drug-likeness (QED) is 0.806. The topological polar surface area (TPSA) is 67.4 Å². The molecular formula is C12H15ClN2O3. The van der Waals surface area contributed by atoms with Crippen LogP contribution in [0, 0.1) is 0 Å². The minimum Gasteiger partial charge on any atom is -0.450 e. The van der Waals surface area contributed by atoms with Crippen LogP contribution in [0.2, 0.25) is 0 Å². The fraction of sp³-hybridized carbons (Fsp3) is 0.333. The first-order valence-corrected chi connectivity index (χ1v) is 6.09. The highest BCUT2D eigenvalue weighted by atomic mass is 35.5. The lowest BCUT2D eigenvalue weighted by Crippen LogP contribution is -2.27. The summed E-state index contributed by atoms with van der Waals surface area (Å²) in [7, 11) is 0. The Morgan fingerprint density at radius 3 is 2.72 bits per heavy atom. The number of anilines is 1. The number of para-hydroxylation sites is 1. The first kappa shape index (κ1) is 14.3. The minimum absolute atomic E-state index is 0.270. The van der Waals surface area contributed by atoms with Crippen LogP contribution < -0.4 is 10.6 Å². The predicted molar refractivity (Wildman–Crippen MR) is 70.1 cm³/mol. The number of amides is 2. The van der Waals surface area contributed by atoms with Crippen molar-refractivity contribution < 1.29 is 14.3 Å². The van der Waals surface area contributed by atoms with Crippen LogP contribution in [0.3, 0.4) is 0 Å². The second kappa shape index (κ2) is 7.55. The van der Waals surface area contributed by atoms with E-state index >= 15 is 0 Å². The molecule has 1 aromatic rings. The van der Waals surface area contributed by atoms with Gasteiger partial charge in [0.2, 0.25) is 0 Å². The van der Waals surface area contributed by atoms with Gasteiger partial charge in [0.25, 0.3) is 5.91 Å². The fourth-order valence-corrected chi connectivity index (χ4v) is 1.42. The van der Waals surface area contributed by atoms with Gasteiger partial charge in [-0.2, -0.15) is 0 Å². The zero-order valence-corrected chi connectivity index (χ0v) is 10.8. The summed E-state index contributed by atoms with van der Waals surface area (Å²) < 4.78 is 4.76. The second-order valence-electron chi connectivity index (χ2n) is 3.34. The molecule has 6 heteroatoms. The Labute approximate surface area is 110 Å². The first-order valence-electron chi connectivity index (χ1n) is 5.56. The molecule has 2 amide bonds. The van der Waals surface area contributed by atoms with Crippen molar-refractivity contribution in [1.82, 2.24) is 5.32 Å². The molecule has 0 aliphatic heterocycles. The summed E-state index contributed by atoms with van der Waals surface area (Å²) in [6.45, 7) is 2.35. The Balaban J connectivity index is 2.79. The van der Waals surface area contributed by atoms with Gasteiger partial charge < -0.3 is 10.1 Å². The molecule has 0 aliphatic carbocycles. The third-order valence-electron chi connectivity index (χ3n) is 2.06. The molecule has 0 atom stereocenters. The zero-order valence-electron chi connectivity index (χ0n) is 10.0. The molecule has 0 aromatic heterocycles. The standard InChI is InChI=1S/C12H15ClN2O3/c1-2-18-12(17)15-10-6-4-3-5-9(10)11(16)14-8-7-13/h3-6H,2,7-8H2,1H3,(H,14,16)(H,15,17). The maximum Gasteiger partial charge on any atom is 0.411 e. The Bertz CT molecular complexity index is 424. The van der Waals surface area contributed by atoms with E-state index in [0.717, 1.165) is 0 Å². The van der Waals surface area contributed by atoms with Crippen molar-refractivity contribution in [3.8, 4) is 0 Å². The molecule has 0 unspecified atom stereocenters. The molecule has 0 bridgehead atoms. The Morgan fingerprint density at radius 2 is 2.06 bits per heavy atom. The van der Waals surface area contributed by atoms with Crippen LogP contribution in [0.1, 0.15) is 17.3 Å². The first-order chi connectivity index (χ1) is 8.69. The number of ether oxygens (including phenoxy) is 1. The monoisotopic (exact) mass is 270 g/mol. The number of carbonyl (C=O) groups excluding carboxylic acids is 2. The molecule has 0 fully saturated rings. The number of hydrogen-bond donors (Lipinski definition) is 2. The SMILES string of the molecule is CCOC(=O)Nc1ccccc1C(=O)NCCCl. The van der Waals surface area contributed by atoms with Crippen LogP contribution >= 0.6 is 11.6 Å². The van der Waals surface area contributed by atoms with Gasteiger partial charge in [0.05, 0.1) is 17.9 Å². The van der Waals surface area contributed by atoms with Gasteiger partial charge >= 0.3 is 6.09 Å². The van der Waals surface area contributed by atoms with Crippen molar-refractivity contribution in [2.75, 3.05) is 24.3 Å². The summed E-state index contributed by atoms with van der Waals surface area (Å²) >= 11 is 5.49. The Hall–Kier alpha value is -1.75. The number of alkyl halides is 1. The van der Waals surface area contributed by atoms with Crippen molar-refractivity contribution in [1.29, 1.82) is 0 Å². The predicted octanol–water partition coefficient (Wildman–Crippen LogP) is 2.22. The van der Waals surface area contributed by atoms with Crippen molar-refractivity contribution in [2.24, 2.45) is 0 Å². The van der Waals surface area contributed by atoms with Gasteiger partial charge in [-0.25, -0.2) is 4.79 Å². The van der Waals surface area contributed by atoms with E-state index in [4.69, 9.17) is 16.3 Å². The maximum absolute atomic E-state index is 11.8. The third-order valence-corrected chi connectivity index (χ3v) is 2.25. The van der Waals surface area contributed by atoms with E-state index in [1.54, 1.807) is 31.2 Å². The van der Waals surface area contributed by atoms with Crippen LogP contribution in [0.4, 0.5) is 10.5 Å². The second-order valence-corrected chi connectivity index (χ2v) is 3.71. The smallest absolute Gasteiger partial charge is 0.411 e. The van der Waals surface area contributed by atoms with E-state index in [1.807, 2.05) is 0 Å². The molecule has 2 N–H and O–H groups in total. The molecule has 1 aromatic carbocycles. The van der Waals surface area contributed by atoms with Crippen LogP contribution in [-0.2, 0) is 4.74 Å². The molecule has 1 rings (SSSR count). The average molecular weight is 271 g/mol. The molecule has 0 spiro atoms. The maximum atomic E-state index is 11.8. The number of nitrogens with one attached hydrogen (secondary N) is 2. The zero-order chi connectivity index (χ0) is 13.4. The van der Waals surface area contributed by atoms with Gasteiger partial charge in [-0.3, -0.25) is 10.1 Å². The van der Waals surface area contributed by atoms with Gasteiger partial charge in [0, 0.05) is 12.4 Å². The van der Waals surface area contributed by atoms with Crippen LogP contribution in [0.15, 0.2) is 24.3 Å². The summed E-state index contributed by atoms with van der Waals surface area (Å²) in [5, 5.41) is 5.15. The van der Waals surface area contributed by atoms with Gasteiger partial charge in [-0.15, -0.1) is 11.6 Å². The van der Waals surface area contributed by atoms with E-state index < -0.39 is 6.09 Å². The molecule has 98 valence electrons. The number of benzene rings is 1. The van der Waals surface area contributed by atoms with Crippen molar-refractivity contribution in [2.45, 2.75) is 6.92 Å². The molecule has 0 saturated carbocycles. The Kier molecular flexibility index (Phi) is 6.00. The van der Waals surface area contributed by atoms with Crippen molar-refractivity contribution in [3.05, 3.63) is 29.8 Å². The van der Waals surface area contributed by atoms with Gasteiger partial charge in [0.1, 0.15) is 0 Å². The van der Waals surface area contributed by atoms with Crippen molar-refractivity contribution in [3.63, 3.8) is 0 Å². The third kappa shape index (κ3) is 4.25. The summed E-state index contributed by atoms with van der Waals surface area (Å²) in [4.78, 5) is 23.1. The van der Waals surface area contributed by atoms with Crippen LogP contribution in [0.5, 0.6) is 0 Å². The van der Waals surface area contributed by atoms with E-state index in [9.17, 15) is 9.59 Å². The summed E-state index contributed by atoms with van der Waals surface area (Å²) in [6.07, 6.45) is -0.588. The molecule has 5 nitrogen and oxygen atoms in total.